The number of unbranched alkanes of at least 4 members (excludes halogenated alkanes) is 2. The molecule has 0 aliphatic rings. The van der Waals surface area contributed by atoms with E-state index in [2.05, 4.69) is 15.6 Å². The summed E-state index contributed by atoms with van der Waals surface area (Å²) in [5, 5.41) is 17.0. The summed E-state index contributed by atoms with van der Waals surface area (Å²) >= 11 is 1.61. The minimum absolute atomic E-state index is 0.185. The van der Waals surface area contributed by atoms with Gasteiger partial charge in [0.25, 0.3) is 0 Å². The lowest BCUT2D eigenvalue weighted by Gasteiger charge is -2.06. The molecule has 0 saturated heterocycles. The van der Waals surface area contributed by atoms with Crippen molar-refractivity contribution in [1.82, 2.24) is 15.6 Å². The summed E-state index contributed by atoms with van der Waals surface area (Å²) in [6, 6.07) is -0.185. The number of nitrogens with one attached hydrogen (secondary N) is 2. The van der Waals surface area contributed by atoms with Gasteiger partial charge in [0.2, 0.25) is 0 Å². The molecule has 0 saturated carbocycles. The van der Waals surface area contributed by atoms with Crippen LogP contribution >= 0.6 is 11.3 Å². The van der Waals surface area contributed by atoms with E-state index in [1.54, 1.807) is 11.3 Å². The predicted octanol–water partition coefficient (Wildman–Crippen LogP) is 1.94. The van der Waals surface area contributed by atoms with Gasteiger partial charge < -0.3 is 15.7 Å². The molecule has 1 rings (SSSR count). The number of rotatable bonds is 9. The van der Waals surface area contributed by atoms with Crippen LogP contribution in [0.25, 0.3) is 0 Å². The van der Waals surface area contributed by atoms with Crippen molar-refractivity contribution < 1.29 is 14.7 Å². The molecule has 0 spiro atoms. The Morgan fingerprint density at radius 1 is 1.25 bits per heavy atom. The van der Waals surface area contributed by atoms with Gasteiger partial charge in [0.15, 0.2) is 0 Å². The van der Waals surface area contributed by atoms with Gasteiger partial charge in [-0.2, -0.15) is 0 Å². The van der Waals surface area contributed by atoms with E-state index in [0.29, 0.717) is 19.5 Å². The van der Waals surface area contributed by atoms with Gasteiger partial charge in [0.1, 0.15) is 0 Å². The number of hydrogen-bond acceptors (Lipinski definition) is 4. The van der Waals surface area contributed by atoms with Crippen molar-refractivity contribution >= 4 is 23.3 Å². The van der Waals surface area contributed by atoms with E-state index in [9.17, 15) is 9.59 Å². The van der Waals surface area contributed by atoms with Crippen LogP contribution in [-0.4, -0.2) is 35.2 Å². The molecular weight excluding hydrogens is 278 g/mol. The second kappa shape index (κ2) is 9.30. The van der Waals surface area contributed by atoms with Crippen LogP contribution in [0.1, 0.15) is 36.4 Å². The fourth-order valence-electron chi connectivity index (χ4n) is 1.67. The third kappa shape index (κ3) is 7.73. The molecule has 1 heterocycles. The van der Waals surface area contributed by atoms with Crippen LogP contribution in [-0.2, 0) is 11.2 Å². The van der Waals surface area contributed by atoms with Crippen molar-refractivity contribution in [3.8, 4) is 0 Å². The Balaban J connectivity index is 1.96. The normalized spacial score (nSPS) is 10.2. The molecule has 0 aromatic carbocycles. The Kier molecular flexibility index (Phi) is 7.64. The molecule has 1 aromatic rings. The van der Waals surface area contributed by atoms with E-state index in [4.69, 9.17) is 5.11 Å². The number of nitrogens with zero attached hydrogens (tertiary/aromatic N) is 1. The van der Waals surface area contributed by atoms with Gasteiger partial charge in [-0.25, -0.2) is 9.78 Å². The SMILES string of the molecule is Cc1nc(CCNC(=O)NCCCCCC(=O)O)cs1. The Morgan fingerprint density at radius 2 is 2.00 bits per heavy atom. The van der Waals surface area contributed by atoms with Gasteiger partial charge >= 0.3 is 12.0 Å². The van der Waals surface area contributed by atoms with E-state index in [-0.39, 0.29) is 12.5 Å². The molecule has 0 radical (unpaired) electrons. The average molecular weight is 299 g/mol. The average Bonchev–Trinajstić information content (AvgIpc) is 2.79. The smallest absolute Gasteiger partial charge is 0.314 e. The summed E-state index contributed by atoms with van der Waals surface area (Å²) in [5.74, 6) is -0.770. The molecule has 3 N–H and O–H groups in total. The monoisotopic (exact) mass is 299 g/mol. The Hall–Kier alpha value is -1.63. The van der Waals surface area contributed by atoms with Crippen LogP contribution < -0.4 is 10.6 Å². The van der Waals surface area contributed by atoms with Crippen LogP contribution in [0.3, 0.4) is 0 Å². The molecular formula is C13H21N3O3S. The zero-order chi connectivity index (χ0) is 14.8. The largest absolute Gasteiger partial charge is 0.481 e. The molecule has 7 heteroatoms. The van der Waals surface area contributed by atoms with Crippen molar-refractivity contribution in [2.75, 3.05) is 13.1 Å². The Bertz CT molecular complexity index is 434. The van der Waals surface area contributed by atoms with Crippen molar-refractivity contribution in [2.45, 2.75) is 39.0 Å². The third-order valence-electron chi connectivity index (χ3n) is 2.69. The zero-order valence-electron chi connectivity index (χ0n) is 11.6. The third-order valence-corrected chi connectivity index (χ3v) is 3.51. The summed E-state index contributed by atoms with van der Waals surface area (Å²) in [6.45, 7) is 3.09. The number of urea groups is 1. The maximum atomic E-state index is 11.4. The molecule has 6 nitrogen and oxygen atoms in total. The quantitative estimate of drug-likeness (QED) is 0.608. The number of carboxylic acid groups (broad SMARTS) is 1. The van der Waals surface area contributed by atoms with Crippen LogP contribution in [0.15, 0.2) is 5.38 Å². The lowest BCUT2D eigenvalue weighted by Crippen LogP contribution is -2.37. The first-order valence-corrected chi connectivity index (χ1v) is 7.60. The van der Waals surface area contributed by atoms with E-state index < -0.39 is 5.97 Å². The lowest BCUT2D eigenvalue weighted by molar-refractivity contribution is -0.137. The molecule has 0 unspecified atom stereocenters. The fraction of sp³-hybridized carbons (Fsp3) is 0.615. The van der Waals surface area contributed by atoms with Gasteiger partial charge in [-0.15, -0.1) is 11.3 Å². The van der Waals surface area contributed by atoms with Gasteiger partial charge in [-0.3, -0.25) is 4.79 Å². The minimum atomic E-state index is -0.770. The van der Waals surface area contributed by atoms with Gasteiger partial charge in [0.05, 0.1) is 10.7 Å². The molecule has 112 valence electrons. The second-order valence-electron chi connectivity index (χ2n) is 4.49. The van der Waals surface area contributed by atoms with Crippen LogP contribution in [0, 0.1) is 6.92 Å². The molecule has 2 amide bonds. The van der Waals surface area contributed by atoms with Crippen LogP contribution in [0.5, 0.6) is 0 Å². The van der Waals surface area contributed by atoms with Gasteiger partial charge in [0, 0.05) is 31.3 Å². The second-order valence-corrected chi connectivity index (χ2v) is 5.56. The highest BCUT2D eigenvalue weighted by Gasteiger charge is 2.02. The lowest BCUT2D eigenvalue weighted by atomic mass is 10.2. The number of aryl methyl sites for hydroxylation is 1. The highest BCUT2D eigenvalue weighted by molar-refractivity contribution is 7.09. The minimum Gasteiger partial charge on any atom is -0.481 e. The van der Waals surface area contributed by atoms with Gasteiger partial charge in [-0.05, 0) is 19.8 Å². The Labute approximate surface area is 122 Å². The molecule has 1 aromatic heterocycles. The highest BCUT2D eigenvalue weighted by Crippen LogP contribution is 2.07. The number of carbonyl (C=O) groups excluding carboxylic acids is 1. The summed E-state index contributed by atoms with van der Waals surface area (Å²) in [5.41, 5.74) is 1.00. The maximum absolute atomic E-state index is 11.4. The summed E-state index contributed by atoms with van der Waals surface area (Å²) in [6.07, 6.45) is 3.19. The maximum Gasteiger partial charge on any atom is 0.314 e. The number of aliphatic carboxylic acids is 1. The van der Waals surface area contributed by atoms with E-state index >= 15 is 0 Å². The van der Waals surface area contributed by atoms with Crippen LogP contribution in [0.2, 0.25) is 0 Å². The number of aromatic nitrogens is 1. The standard InChI is InChI=1S/C13H21N3O3S/c1-10-16-11(9-20-10)6-8-15-13(19)14-7-4-2-3-5-12(17)18/h9H,2-8H2,1H3,(H,17,18)(H2,14,15,19). The van der Waals surface area contributed by atoms with E-state index in [1.807, 2.05) is 12.3 Å². The number of thiazole rings is 1. The van der Waals surface area contributed by atoms with E-state index in [0.717, 1.165) is 30.0 Å². The Morgan fingerprint density at radius 3 is 2.65 bits per heavy atom. The predicted molar refractivity (Wildman–Crippen MR) is 78.1 cm³/mol. The fourth-order valence-corrected chi connectivity index (χ4v) is 2.32. The van der Waals surface area contributed by atoms with E-state index in [1.165, 1.54) is 0 Å². The molecule has 0 atom stereocenters. The molecule has 0 aliphatic heterocycles. The number of hydrogen-bond donors (Lipinski definition) is 3. The number of carboxylic acids is 1. The molecule has 0 aliphatic carbocycles. The first-order valence-electron chi connectivity index (χ1n) is 6.72. The number of amides is 2. The summed E-state index contributed by atoms with van der Waals surface area (Å²) in [4.78, 5) is 26.1. The van der Waals surface area contributed by atoms with Gasteiger partial charge in [-0.1, -0.05) is 6.42 Å². The first kappa shape index (κ1) is 16.4. The number of carbonyl (C=O) groups is 2. The van der Waals surface area contributed by atoms with Crippen molar-refractivity contribution in [3.63, 3.8) is 0 Å². The summed E-state index contributed by atoms with van der Waals surface area (Å²) < 4.78 is 0. The van der Waals surface area contributed by atoms with Crippen molar-refractivity contribution in [2.24, 2.45) is 0 Å². The summed E-state index contributed by atoms with van der Waals surface area (Å²) in [7, 11) is 0. The topological polar surface area (TPSA) is 91.3 Å². The van der Waals surface area contributed by atoms with Crippen molar-refractivity contribution in [3.05, 3.63) is 16.1 Å². The first-order chi connectivity index (χ1) is 9.58. The molecule has 0 bridgehead atoms. The van der Waals surface area contributed by atoms with Crippen molar-refractivity contribution in [1.29, 1.82) is 0 Å². The molecule has 0 fully saturated rings. The highest BCUT2D eigenvalue weighted by atomic mass is 32.1. The van der Waals surface area contributed by atoms with Crippen LogP contribution in [0.4, 0.5) is 4.79 Å². The zero-order valence-corrected chi connectivity index (χ0v) is 12.5. The molecule has 20 heavy (non-hydrogen) atoms.